The molecule has 1 fully saturated rings. The topological polar surface area (TPSA) is 40.9 Å². The smallest absolute Gasteiger partial charge is 0.151 e. The molecule has 0 aliphatic heterocycles. The van der Waals surface area contributed by atoms with Crippen molar-refractivity contribution >= 4 is 17.4 Å². The fourth-order valence-electron chi connectivity index (χ4n) is 1.20. The maximum Gasteiger partial charge on any atom is 0.151 e. The molecule has 1 saturated carbocycles. The number of ketones is 1. The van der Waals surface area contributed by atoms with Gasteiger partial charge in [0, 0.05) is 12.8 Å². The van der Waals surface area contributed by atoms with E-state index in [0.717, 1.165) is 6.42 Å². The summed E-state index contributed by atoms with van der Waals surface area (Å²) in [7, 11) is 0. The number of hydrogen-bond donors (Lipinski definition) is 0. The van der Waals surface area contributed by atoms with E-state index in [2.05, 4.69) is 0 Å². The molecule has 1 aliphatic carbocycles. The predicted molar refractivity (Wildman–Crippen MR) is 37.6 cm³/mol. The van der Waals surface area contributed by atoms with Gasteiger partial charge < -0.3 is 0 Å². The minimum atomic E-state index is -0.389. The van der Waals surface area contributed by atoms with E-state index in [9.17, 15) is 4.79 Å². The molecule has 0 unspecified atom stereocenters. The molecule has 54 valence electrons. The average Bonchev–Trinajstić information content (AvgIpc) is 2.20. The number of carbonyl (C=O) groups excluding carboxylic acids is 1. The van der Waals surface area contributed by atoms with E-state index in [1.165, 1.54) is 0 Å². The van der Waals surface area contributed by atoms with Crippen LogP contribution in [0.15, 0.2) is 0 Å². The van der Waals surface area contributed by atoms with E-state index in [-0.39, 0.29) is 17.1 Å². The van der Waals surface area contributed by atoms with Crippen LogP contribution in [-0.2, 0) is 4.79 Å². The average molecular weight is 158 g/mol. The monoisotopic (exact) mass is 157 g/mol. The first-order valence-electron chi connectivity index (χ1n) is 3.29. The molecule has 0 heterocycles. The van der Waals surface area contributed by atoms with Crippen LogP contribution in [0, 0.1) is 17.2 Å². The summed E-state index contributed by atoms with van der Waals surface area (Å²) in [5.41, 5.74) is 0. The lowest BCUT2D eigenvalue weighted by atomic mass is 10.1. The van der Waals surface area contributed by atoms with Crippen molar-refractivity contribution in [3.05, 3.63) is 0 Å². The van der Waals surface area contributed by atoms with Gasteiger partial charge in [-0.25, -0.2) is 0 Å². The molecule has 0 aromatic carbocycles. The quantitative estimate of drug-likeness (QED) is 0.541. The Balaban J connectivity index is 2.50. The molecule has 3 heteroatoms. The number of hydrogen-bond acceptors (Lipinski definition) is 2. The molecule has 2 atom stereocenters. The third-order valence-corrected chi connectivity index (χ3v) is 2.44. The highest BCUT2D eigenvalue weighted by molar-refractivity contribution is 6.32. The summed E-state index contributed by atoms with van der Waals surface area (Å²) in [6, 6.07) is 2.02. The van der Waals surface area contributed by atoms with Crippen LogP contribution >= 0.6 is 11.6 Å². The first-order chi connectivity index (χ1) is 4.75. The minimum Gasteiger partial charge on any atom is -0.298 e. The van der Waals surface area contributed by atoms with Crippen molar-refractivity contribution in [1.29, 1.82) is 5.26 Å². The molecule has 0 aromatic rings. The summed E-state index contributed by atoms with van der Waals surface area (Å²) in [5.74, 6) is 0.209. The molecule has 0 spiro atoms. The van der Waals surface area contributed by atoms with Crippen LogP contribution in [0.4, 0.5) is 0 Å². The molecular formula is C7H8ClNO. The Kier molecular flexibility index (Phi) is 2.29. The second-order valence-corrected chi connectivity index (χ2v) is 3.00. The molecule has 1 aliphatic rings. The lowest BCUT2D eigenvalue weighted by Gasteiger charge is -2.05. The van der Waals surface area contributed by atoms with Crippen LogP contribution in [0.5, 0.6) is 0 Å². The molecule has 1 rings (SSSR count). The van der Waals surface area contributed by atoms with Gasteiger partial charge in [-0.3, -0.25) is 4.79 Å². The van der Waals surface area contributed by atoms with Crippen molar-refractivity contribution in [2.45, 2.75) is 24.6 Å². The largest absolute Gasteiger partial charge is 0.298 e. The Morgan fingerprint density at radius 1 is 1.80 bits per heavy atom. The van der Waals surface area contributed by atoms with Gasteiger partial charge in [-0.1, -0.05) is 0 Å². The Morgan fingerprint density at radius 2 is 2.50 bits per heavy atom. The van der Waals surface area contributed by atoms with Crippen LogP contribution in [0.25, 0.3) is 0 Å². The van der Waals surface area contributed by atoms with Gasteiger partial charge in [0.1, 0.15) is 0 Å². The number of carbonyl (C=O) groups is 1. The highest BCUT2D eigenvalue weighted by Crippen LogP contribution is 2.29. The van der Waals surface area contributed by atoms with Crippen LogP contribution in [0.3, 0.4) is 0 Å². The van der Waals surface area contributed by atoms with Gasteiger partial charge in [0.05, 0.1) is 11.4 Å². The van der Waals surface area contributed by atoms with Crippen molar-refractivity contribution < 1.29 is 4.79 Å². The van der Waals surface area contributed by atoms with Crippen molar-refractivity contribution in [3.8, 4) is 6.07 Å². The molecular weight excluding hydrogens is 150 g/mol. The van der Waals surface area contributed by atoms with Crippen molar-refractivity contribution in [1.82, 2.24) is 0 Å². The van der Waals surface area contributed by atoms with Crippen LogP contribution in [-0.4, -0.2) is 11.2 Å². The number of halogens is 1. The normalized spacial score (nSPS) is 32.2. The summed E-state index contributed by atoms with van der Waals surface area (Å²) < 4.78 is 0. The van der Waals surface area contributed by atoms with Crippen LogP contribution < -0.4 is 0 Å². The van der Waals surface area contributed by atoms with Crippen LogP contribution in [0.1, 0.15) is 19.3 Å². The molecule has 2 nitrogen and oxygen atoms in total. The number of alkyl halides is 1. The summed E-state index contributed by atoms with van der Waals surface area (Å²) in [5, 5.41) is 7.92. The first kappa shape index (κ1) is 7.56. The molecule has 0 radical (unpaired) electrons. The van der Waals surface area contributed by atoms with Gasteiger partial charge in [-0.05, 0) is 12.3 Å². The van der Waals surface area contributed by atoms with Gasteiger partial charge in [-0.15, -0.1) is 11.6 Å². The number of nitrogens with zero attached hydrogens (tertiary/aromatic N) is 1. The second kappa shape index (κ2) is 3.03. The molecule has 0 amide bonds. The third-order valence-electron chi connectivity index (χ3n) is 1.84. The zero-order valence-electron chi connectivity index (χ0n) is 5.51. The highest BCUT2D eigenvalue weighted by Gasteiger charge is 2.32. The summed E-state index contributed by atoms with van der Waals surface area (Å²) in [6.07, 6.45) is 1.76. The van der Waals surface area contributed by atoms with E-state index in [1.807, 2.05) is 6.07 Å². The fraction of sp³-hybridized carbons (Fsp3) is 0.714. The summed E-state index contributed by atoms with van der Waals surface area (Å²) >= 11 is 5.71. The zero-order valence-corrected chi connectivity index (χ0v) is 6.27. The van der Waals surface area contributed by atoms with Gasteiger partial charge in [0.25, 0.3) is 0 Å². The van der Waals surface area contributed by atoms with Crippen molar-refractivity contribution in [2.24, 2.45) is 5.92 Å². The van der Waals surface area contributed by atoms with Gasteiger partial charge >= 0.3 is 0 Å². The van der Waals surface area contributed by atoms with Crippen molar-refractivity contribution in [2.75, 3.05) is 0 Å². The van der Waals surface area contributed by atoms with E-state index in [4.69, 9.17) is 16.9 Å². The third kappa shape index (κ3) is 1.30. The molecule has 0 aromatic heterocycles. The van der Waals surface area contributed by atoms with Gasteiger partial charge in [0.15, 0.2) is 5.78 Å². The minimum absolute atomic E-state index is 0.0990. The van der Waals surface area contributed by atoms with E-state index >= 15 is 0 Å². The van der Waals surface area contributed by atoms with Crippen molar-refractivity contribution in [3.63, 3.8) is 0 Å². The second-order valence-electron chi connectivity index (χ2n) is 2.53. The number of rotatable bonds is 1. The van der Waals surface area contributed by atoms with Crippen LogP contribution in [0.2, 0.25) is 0 Å². The Labute approximate surface area is 64.8 Å². The van der Waals surface area contributed by atoms with Gasteiger partial charge in [-0.2, -0.15) is 5.26 Å². The zero-order chi connectivity index (χ0) is 7.56. The predicted octanol–water partition coefficient (Wildman–Crippen LogP) is 1.49. The molecule has 0 N–H and O–H groups in total. The Morgan fingerprint density at radius 3 is 2.90 bits per heavy atom. The van der Waals surface area contributed by atoms with Gasteiger partial charge in [0.2, 0.25) is 0 Å². The summed E-state index contributed by atoms with van der Waals surface area (Å²) in [4.78, 5) is 10.8. The number of Topliss-reactive ketones (excluding diaryl/α,β-unsaturated/α-hetero) is 1. The number of nitriles is 1. The molecule has 0 saturated heterocycles. The maximum atomic E-state index is 10.8. The first-order valence-corrected chi connectivity index (χ1v) is 3.73. The Hall–Kier alpha value is -0.550. The fourth-order valence-corrected chi connectivity index (χ4v) is 1.52. The summed E-state index contributed by atoms with van der Waals surface area (Å²) in [6.45, 7) is 0. The van der Waals surface area contributed by atoms with E-state index in [1.54, 1.807) is 0 Å². The maximum absolute atomic E-state index is 10.8. The molecule has 0 bridgehead atoms. The molecule has 10 heavy (non-hydrogen) atoms. The standard InChI is InChI=1S/C7H8ClNO/c8-7-5(3-4-9)1-2-6(7)10/h5,7H,1-3H2/t5-,7-/m0/s1. The lowest BCUT2D eigenvalue weighted by molar-refractivity contribution is -0.117. The SMILES string of the molecule is N#CC[C@@H]1CCC(=O)[C@H]1Cl. The highest BCUT2D eigenvalue weighted by atomic mass is 35.5. The van der Waals surface area contributed by atoms with E-state index < -0.39 is 0 Å². The Bertz CT molecular complexity index is 185. The van der Waals surface area contributed by atoms with E-state index in [0.29, 0.717) is 12.8 Å². The lowest BCUT2D eigenvalue weighted by Crippen LogP contribution is -2.13.